The quantitative estimate of drug-likeness (QED) is 0.676. The van der Waals surface area contributed by atoms with Crippen LogP contribution in [0.5, 0.6) is 0 Å². The number of nitrogens with one attached hydrogen (secondary N) is 1. The number of nitrogens with two attached hydrogens (primary N) is 1. The lowest BCUT2D eigenvalue weighted by Gasteiger charge is -2.04. The zero-order valence-electron chi connectivity index (χ0n) is 11.8. The molecule has 0 fully saturated rings. The van der Waals surface area contributed by atoms with Crippen LogP contribution in [-0.2, 0) is 11.3 Å². The number of ether oxygens (including phenoxy) is 1. The minimum Gasteiger partial charge on any atom is -0.445 e. The van der Waals surface area contributed by atoms with Crippen molar-refractivity contribution in [3.63, 3.8) is 0 Å². The fourth-order valence-corrected chi connectivity index (χ4v) is 1.70. The summed E-state index contributed by atoms with van der Waals surface area (Å²) in [4.78, 5) is 11.5. The van der Waals surface area contributed by atoms with Crippen LogP contribution in [0.25, 0.3) is 0 Å². The Labute approximate surface area is 128 Å². The molecule has 0 saturated carbocycles. The topological polar surface area (TPSA) is 64.3 Å². The Bertz CT molecular complexity index is 685. The van der Waals surface area contributed by atoms with Crippen molar-refractivity contribution in [2.75, 3.05) is 12.3 Å². The third kappa shape index (κ3) is 4.53. The van der Waals surface area contributed by atoms with Crippen LogP contribution in [0.1, 0.15) is 11.1 Å². The number of halogens is 1. The maximum absolute atomic E-state index is 13.5. The molecule has 22 heavy (non-hydrogen) atoms. The third-order valence-electron chi connectivity index (χ3n) is 2.79. The molecule has 4 nitrogen and oxygen atoms in total. The van der Waals surface area contributed by atoms with Gasteiger partial charge in [0.2, 0.25) is 0 Å². The van der Waals surface area contributed by atoms with Crippen LogP contribution in [0.3, 0.4) is 0 Å². The number of anilines is 1. The monoisotopic (exact) mass is 298 g/mol. The summed E-state index contributed by atoms with van der Waals surface area (Å²) in [5, 5.41) is 2.46. The first-order valence-electron chi connectivity index (χ1n) is 6.64. The highest BCUT2D eigenvalue weighted by Gasteiger charge is 2.02. The fraction of sp³-hybridized carbons (Fsp3) is 0.118. The molecule has 0 spiro atoms. The van der Waals surface area contributed by atoms with Gasteiger partial charge in [0.15, 0.2) is 0 Å². The van der Waals surface area contributed by atoms with Crippen LogP contribution in [-0.4, -0.2) is 12.6 Å². The van der Waals surface area contributed by atoms with Crippen molar-refractivity contribution < 1.29 is 13.9 Å². The Balaban J connectivity index is 1.79. The Morgan fingerprint density at radius 2 is 1.95 bits per heavy atom. The molecule has 2 aromatic carbocycles. The Morgan fingerprint density at radius 3 is 2.68 bits per heavy atom. The van der Waals surface area contributed by atoms with E-state index >= 15 is 0 Å². The van der Waals surface area contributed by atoms with Crippen molar-refractivity contribution in [1.29, 1.82) is 0 Å². The molecule has 0 heterocycles. The van der Waals surface area contributed by atoms with E-state index in [1.54, 1.807) is 6.07 Å². The van der Waals surface area contributed by atoms with Crippen LogP contribution in [0.4, 0.5) is 14.9 Å². The second-order valence-corrected chi connectivity index (χ2v) is 4.42. The number of hydrogen-bond donors (Lipinski definition) is 2. The van der Waals surface area contributed by atoms with Gasteiger partial charge >= 0.3 is 6.09 Å². The maximum Gasteiger partial charge on any atom is 0.408 e. The number of nitrogen functional groups attached to an aromatic ring is 1. The average Bonchev–Trinajstić information content (AvgIpc) is 2.53. The van der Waals surface area contributed by atoms with Gasteiger partial charge in [0.25, 0.3) is 0 Å². The predicted octanol–water partition coefficient (Wildman–Crippen LogP) is 2.69. The van der Waals surface area contributed by atoms with E-state index in [0.717, 1.165) is 5.56 Å². The number of hydrogen-bond acceptors (Lipinski definition) is 3. The minimum atomic E-state index is -0.584. The predicted molar refractivity (Wildman–Crippen MR) is 82.3 cm³/mol. The van der Waals surface area contributed by atoms with Crippen LogP contribution >= 0.6 is 0 Å². The molecular weight excluding hydrogens is 283 g/mol. The van der Waals surface area contributed by atoms with Crippen LogP contribution in [0.15, 0.2) is 48.5 Å². The zero-order valence-corrected chi connectivity index (χ0v) is 11.8. The largest absolute Gasteiger partial charge is 0.445 e. The van der Waals surface area contributed by atoms with Crippen molar-refractivity contribution in [2.45, 2.75) is 6.61 Å². The van der Waals surface area contributed by atoms with Gasteiger partial charge in [-0.2, -0.15) is 0 Å². The first kappa shape index (κ1) is 15.4. The Morgan fingerprint density at radius 1 is 1.18 bits per heavy atom. The lowest BCUT2D eigenvalue weighted by molar-refractivity contribution is 0.141. The smallest absolute Gasteiger partial charge is 0.408 e. The van der Waals surface area contributed by atoms with Crippen LogP contribution in [0.2, 0.25) is 0 Å². The van der Waals surface area contributed by atoms with Gasteiger partial charge in [-0.25, -0.2) is 9.18 Å². The standard InChI is InChI=1S/C17H15FN2O2/c18-15-9-4-10-16(19)14(15)8-5-11-20-17(21)22-12-13-6-2-1-3-7-13/h1-4,6-7,9-10H,11-12,19H2,(H,20,21). The van der Waals surface area contributed by atoms with Crippen molar-refractivity contribution >= 4 is 11.8 Å². The number of benzene rings is 2. The number of carbonyl (C=O) groups excluding carboxylic acids is 1. The number of amides is 1. The van der Waals surface area contributed by atoms with Gasteiger partial charge in [0.1, 0.15) is 12.4 Å². The molecule has 0 aliphatic rings. The highest BCUT2D eigenvalue weighted by Crippen LogP contribution is 2.13. The second-order valence-electron chi connectivity index (χ2n) is 4.42. The number of carbonyl (C=O) groups is 1. The molecule has 0 radical (unpaired) electrons. The van der Waals surface area contributed by atoms with E-state index < -0.39 is 11.9 Å². The van der Waals surface area contributed by atoms with Crippen molar-refractivity contribution in [3.05, 3.63) is 65.5 Å². The molecule has 0 aromatic heterocycles. The summed E-state index contributed by atoms with van der Waals surface area (Å²) in [7, 11) is 0. The molecule has 1 amide bonds. The summed E-state index contributed by atoms with van der Waals surface area (Å²) in [5.41, 5.74) is 6.90. The van der Waals surface area contributed by atoms with E-state index in [1.807, 2.05) is 30.3 Å². The van der Waals surface area contributed by atoms with Gasteiger partial charge in [0.05, 0.1) is 17.8 Å². The van der Waals surface area contributed by atoms with Gasteiger partial charge < -0.3 is 15.8 Å². The highest BCUT2D eigenvalue weighted by atomic mass is 19.1. The summed E-state index contributed by atoms with van der Waals surface area (Å²) >= 11 is 0. The lowest BCUT2D eigenvalue weighted by atomic mass is 10.2. The second kappa shape index (κ2) is 7.70. The molecule has 0 bridgehead atoms. The average molecular weight is 298 g/mol. The van der Waals surface area contributed by atoms with Crippen molar-refractivity contribution in [2.24, 2.45) is 0 Å². The molecule has 0 aliphatic heterocycles. The van der Waals surface area contributed by atoms with Crippen molar-refractivity contribution in [1.82, 2.24) is 5.32 Å². The fourth-order valence-electron chi connectivity index (χ4n) is 1.70. The summed E-state index contributed by atoms with van der Waals surface area (Å²) in [6, 6.07) is 13.7. The Kier molecular flexibility index (Phi) is 5.38. The molecule has 3 N–H and O–H groups in total. The van der Waals surface area contributed by atoms with Crippen molar-refractivity contribution in [3.8, 4) is 11.8 Å². The summed E-state index contributed by atoms with van der Waals surface area (Å²) < 4.78 is 18.5. The van der Waals surface area contributed by atoms with Crippen LogP contribution < -0.4 is 11.1 Å². The van der Waals surface area contributed by atoms with E-state index in [9.17, 15) is 9.18 Å². The Hall–Kier alpha value is -3.00. The SMILES string of the molecule is Nc1cccc(F)c1C#CCNC(=O)OCc1ccccc1. The van der Waals surface area contributed by atoms with Crippen LogP contribution in [0, 0.1) is 17.7 Å². The van der Waals surface area contributed by atoms with E-state index in [1.165, 1.54) is 12.1 Å². The molecular formula is C17H15FN2O2. The molecule has 5 heteroatoms. The molecule has 0 unspecified atom stereocenters. The van der Waals surface area contributed by atoms with E-state index in [2.05, 4.69) is 17.2 Å². The first-order chi connectivity index (χ1) is 10.7. The lowest BCUT2D eigenvalue weighted by Crippen LogP contribution is -2.24. The molecule has 112 valence electrons. The number of rotatable bonds is 3. The molecule has 0 atom stereocenters. The summed E-state index contributed by atoms with van der Waals surface area (Å²) in [6.45, 7) is 0.224. The van der Waals surface area contributed by atoms with Gasteiger partial charge in [-0.3, -0.25) is 0 Å². The highest BCUT2D eigenvalue weighted by molar-refractivity contribution is 5.67. The van der Waals surface area contributed by atoms with Gasteiger partial charge in [-0.1, -0.05) is 48.2 Å². The third-order valence-corrected chi connectivity index (χ3v) is 2.79. The van der Waals surface area contributed by atoms with Gasteiger partial charge in [-0.05, 0) is 17.7 Å². The minimum absolute atomic E-state index is 0.0431. The molecule has 0 saturated heterocycles. The number of alkyl carbamates (subject to hydrolysis) is 1. The molecule has 2 rings (SSSR count). The maximum atomic E-state index is 13.5. The van der Waals surface area contributed by atoms with Gasteiger partial charge in [0, 0.05) is 0 Å². The summed E-state index contributed by atoms with van der Waals surface area (Å²) in [5.74, 6) is 4.73. The molecule has 0 aliphatic carbocycles. The molecule has 2 aromatic rings. The zero-order chi connectivity index (χ0) is 15.8. The first-order valence-corrected chi connectivity index (χ1v) is 6.64. The van der Waals surface area contributed by atoms with Gasteiger partial charge in [-0.15, -0.1) is 0 Å². The summed E-state index contributed by atoms with van der Waals surface area (Å²) in [6.07, 6.45) is -0.584. The van der Waals surface area contributed by atoms with E-state index in [4.69, 9.17) is 10.5 Å². The van der Waals surface area contributed by atoms with E-state index in [0.29, 0.717) is 0 Å². The van der Waals surface area contributed by atoms with E-state index in [-0.39, 0.29) is 24.4 Å². The normalized spacial score (nSPS) is 9.50.